The van der Waals surface area contributed by atoms with Gasteiger partial charge in [-0.1, -0.05) is 41.6 Å². The molecule has 1 saturated heterocycles. The Bertz CT molecular complexity index is 935. The van der Waals surface area contributed by atoms with Crippen LogP contribution in [-0.4, -0.2) is 50.0 Å². The summed E-state index contributed by atoms with van der Waals surface area (Å²) in [5.41, 5.74) is 4.99. The summed E-state index contributed by atoms with van der Waals surface area (Å²) < 4.78 is 28.8. The Morgan fingerprint density at radius 1 is 1.32 bits per heavy atom. The smallest absolute Gasteiger partial charge is 0.264 e. The highest BCUT2D eigenvalue weighted by Crippen LogP contribution is 2.30. The van der Waals surface area contributed by atoms with E-state index in [-0.39, 0.29) is 6.42 Å². The summed E-state index contributed by atoms with van der Waals surface area (Å²) >= 11 is 0. The zero-order valence-electron chi connectivity index (χ0n) is 18.2. The lowest BCUT2D eigenvalue weighted by atomic mass is 9.96. The number of hydrogen-bond acceptors (Lipinski definition) is 7. The highest BCUT2D eigenvalue weighted by molar-refractivity contribution is 7.92. The highest BCUT2D eigenvalue weighted by atomic mass is 32.2. The number of rotatable bonds is 8. The number of allylic oxidation sites excluding steroid dienone is 1. The fraction of sp³-hybridized carbons (Fsp3) is 0.545. The van der Waals surface area contributed by atoms with E-state index in [1.807, 2.05) is 43.3 Å². The van der Waals surface area contributed by atoms with Gasteiger partial charge in [-0.05, 0) is 37.8 Å². The van der Waals surface area contributed by atoms with Gasteiger partial charge in [-0.25, -0.2) is 18.7 Å². The second kappa shape index (κ2) is 9.93. The summed E-state index contributed by atoms with van der Waals surface area (Å²) in [6, 6.07) is 7.84. The van der Waals surface area contributed by atoms with Gasteiger partial charge in [0.2, 0.25) is 0 Å². The number of ether oxygens (including phenoxy) is 1. The third kappa shape index (κ3) is 5.72. The molecule has 170 valence electrons. The molecular weight excluding hydrogens is 420 g/mol. The first-order chi connectivity index (χ1) is 14.7. The third-order valence-electron chi connectivity index (χ3n) is 5.67. The molecular formula is C22H30N2O6S. The van der Waals surface area contributed by atoms with Crippen molar-refractivity contribution in [3.8, 4) is 0 Å². The number of amides is 1. The molecule has 0 saturated carbocycles. The second-order valence-electron chi connectivity index (χ2n) is 8.14. The van der Waals surface area contributed by atoms with E-state index in [1.54, 1.807) is 0 Å². The van der Waals surface area contributed by atoms with Crippen LogP contribution in [0.4, 0.5) is 0 Å². The van der Waals surface area contributed by atoms with Gasteiger partial charge in [0.25, 0.3) is 5.91 Å². The maximum Gasteiger partial charge on any atom is 0.264 e. The lowest BCUT2D eigenvalue weighted by Crippen LogP contribution is -2.52. The molecule has 0 spiro atoms. The number of carbonyl (C=O) groups excluding carboxylic acids is 1. The van der Waals surface area contributed by atoms with E-state index < -0.39 is 32.9 Å². The minimum absolute atomic E-state index is 0.0454. The summed E-state index contributed by atoms with van der Waals surface area (Å²) in [5.74, 6) is -0.739. The topological polar surface area (TPSA) is 103 Å². The summed E-state index contributed by atoms with van der Waals surface area (Å²) in [6.07, 6.45) is 6.77. The molecule has 31 heavy (non-hydrogen) atoms. The van der Waals surface area contributed by atoms with Crippen molar-refractivity contribution in [2.45, 2.75) is 63.1 Å². The van der Waals surface area contributed by atoms with E-state index in [4.69, 9.17) is 14.4 Å². The molecule has 1 aromatic carbocycles. The molecule has 0 bridgehead atoms. The lowest BCUT2D eigenvalue weighted by molar-refractivity contribution is -0.201. The first kappa shape index (κ1) is 23.4. The van der Waals surface area contributed by atoms with Crippen LogP contribution in [-0.2, 0) is 29.0 Å². The van der Waals surface area contributed by atoms with Crippen molar-refractivity contribution in [1.29, 1.82) is 0 Å². The quantitative estimate of drug-likeness (QED) is 0.611. The van der Waals surface area contributed by atoms with E-state index in [1.165, 1.54) is 6.92 Å². The van der Waals surface area contributed by atoms with Gasteiger partial charge in [0.1, 0.15) is 6.10 Å². The van der Waals surface area contributed by atoms with Crippen molar-refractivity contribution in [2.24, 2.45) is 5.16 Å². The van der Waals surface area contributed by atoms with Gasteiger partial charge >= 0.3 is 0 Å². The zero-order chi connectivity index (χ0) is 22.5. The SMILES string of the molecule is C/C=C/c1ccc(C2=NOC(C[C@](C)(C(=O)NOC3CCCCO3)S(C)(=O)=O)C2)cc1. The third-order valence-corrected chi connectivity index (χ3v) is 7.66. The van der Waals surface area contributed by atoms with Crippen LogP contribution in [0.15, 0.2) is 35.5 Å². The summed E-state index contributed by atoms with van der Waals surface area (Å²) in [5, 5.41) is 4.13. The Morgan fingerprint density at radius 2 is 2.06 bits per heavy atom. The van der Waals surface area contributed by atoms with Crippen LogP contribution in [0.25, 0.3) is 6.08 Å². The Labute approximate surface area is 183 Å². The number of hydroxylamine groups is 1. The first-order valence-electron chi connectivity index (χ1n) is 10.5. The fourth-order valence-electron chi connectivity index (χ4n) is 3.57. The minimum atomic E-state index is -3.77. The molecule has 8 nitrogen and oxygen atoms in total. The van der Waals surface area contributed by atoms with Gasteiger partial charge in [0, 0.05) is 32.1 Å². The van der Waals surface area contributed by atoms with Crippen LogP contribution in [0.3, 0.4) is 0 Å². The Kier molecular flexibility index (Phi) is 7.51. The maximum atomic E-state index is 12.8. The fourth-order valence-corrected chi connectivity index (χ4v) is 4.43. The number of hydrogen-bond donors (Lipinski definition) is 1. The van der Waals surface area contributed by atoms with Crippen LogP contribution in [0.5, 0.6) is 0 Å². The van der Waals surface area contributed by atoms with Gasteiger partial charge in [-0.3, -0.25) is 4.79 Å². The molecule has 3 rings (SSSR count). The number of nitrogens with one attached hydrogen (secondary N) is 1. The lowest BCUT2D eigenvalue weighted by Gasteiger charge is -2.29. The number of benzene rings is 1. The van der Waals surface area contributed by atoms with Gasteiger partial charge < -0.3 is 9.57 Å². The molecule has 0 aliphatic carbocycles. The minimum Gasteiger partial charge on any atom is -0.392 e. The van der Waals surface area contributed by atoms with Crippen molar-refractivity contribution >= 4 is 27.5 Å². The summed E-state index contributed by atoms with van der Waals surface area (Å²) in [4.78, 5) is 23.6. The van der Waals surface area contributed by atoms with E-state index in [9.17, 15) is 13.2 Å². The van der Waals surface area contributed by atoms with Gasteiger partial charge in [0.15, 0.2) is 20.9 Å². The maximum absolute atomic E-state index is 12.8. The molecule has 1 amide bonds. The predicted octanol–water partition coefficient (Wildman–Crippen LogP) is 2.98. The van der Waals surface area contributed by atoms with Crippen molar-refractivity contribution in [1.82, 2.24) is 5.48 Å². The predicted molar refractivity (Wildman–Crippen MR) is 118 cm³/mol. The van der Waals surface area contributed by atoms with E-state index in [2.05, 4.69) is 10.6 Å². The van der Waals surface area contributed by atoms with Crippen LogP contribution in [0, 0.1) is 0 Å². The Morgan fingerprint density at radius 3 is 2.68 bits per heavy atom. The molecule has 2 aliphatic rings. The molecule has 3 atom stereocenters. The Balaban J connectivity index is 1.63. The van der Waals surface area contributed by atoms with Crippen LogP contribution in [0.1, 0.15) is 57.1 Å². The molecule has 0 aromatic heterocycles. The molecule has 1 N–H and O–H groups in total. The Hall–Kier alpha value is -2.23. The largest absolute Gasteiger partial charge is 0.392 e. The average Bonchev–Trinajstić information content (AvgIpc) is 3.21. The first-order valence-corrected chi connectivity index (χ1v) is 12.3. The van der Waals surface area contributed by atoms with Crippen molar-refractivity contribution in [3.05, 3.63) is 41.5 Å². The number of sulfone groups is 1. The molecule has 2 heterocycles. The van der Waals surface area contributed by atoms with E-state index >= 15 is 0 Å². The van der Waals surface area contributed by atoms with Crippen molar-refractivity contribution in [2.75, 3.05) is 12.9 Å². The van der Waals surface area contributed by atoms with Crippen LogP contribution >= 0.6 is 0 Å². The molecule has 1 fully saturated rings. The van der Waals surface area contributed by atoms with E-state index in [0.29, 0.717) is 19.4 Å². The average molecular weight is 451 g/mol. The number of carbonyl (C=O) groups is 1. The monoisotopic (exact) mass is 450 g/mol. The van der Waals surface area contributed by atoms with Gasteiger partial charge in [-0.2, -0.15) is 0 Å². The zero-order valence-corrected chi connectivity index (χ0v) is 19.0. The van der Waals surface area contributed by atoms with Gasteiger partial charge in [-0.15, -0.1) is 0 Å². The van der Waals surface area contributed by atoms with Crippen molar-refractivity contribution < 1.29 is 27.6 Å². The second-order valence-corrected chi connectivity index (χ2v) is 10.6. The molecule has 2 aliphatic heterocycles. The standard InChI is InChI=1S/C22H30N2O6S/c1-4-7-16-9-11-17(12-10-16)19-14-18(29-23-19)15-22(2,31(3,26)27)21(25)24-30-20-8-5-6-13-28-20/h4,7,9-12,18,20H,5-6,8,13-15H2,1-3H3,(H,24,25)/b7-4+/t18?,20?,22-/m1/s1. The highest BCUT2D eigenvalue weighted by Gasteiger charge is 2.47. The number of nitrogens with zero attached hydrogens (tertiary/aromatic N) is 1. The molecule has 9 heteroatoms. The summed E-state index contributed by atoms with van der Waals surface area (Å²) in [7, 11) is -3.77. The van der Waals surface area contributed by atoms with Crippen LogP contribution < -0.4 is 5.48 Å². The van der Waals surface area contributed by atoms with Crippen LogP contribution in [0.2, 0.25) is 0 Å². The molecule has 2 unspecified atom stereocenters. The summed E-state index contributed by atoms with van der Waals surface area (Å²) in [6.45, 7) is 3.89. The molecule has 1 aromatic rings. The number of oxime groups is 1. The molecule has 0 radical (unpaired) electrons. The van der Waals surface area contributed by atoms with Gasteiger partial charge in [0.05, 0.1) is 5.71 Å². The normalized spacial score (nSPS) is 23.8. The van der Waals surface area contributed by atoms with E-state index in [0.717, 1.165) is 35.9 Å². The van der Waals surface area contributed by atoms with Crippen molar-refractivity contribution in [3.63, 3.8) is 0 Å².